The van der Waals surface area contributed by atoms with Crippen molar-refractivity contribution in [3.8, 4) is 0 Å². The van der Waals surface area contributed by atoms with Gasteiger partial charge in [-0.2, -0.15) is 0 Å². The Kier molecular flexibility index (Phi) is 2.50. The lowest BCUT2D eigenvalue weighted by Crippen LogP contribution is -2.54. The number of carboxylic acids is 1. The topological polar surface area (TPSA) is 63.3 Å². The van der Waals surface area contributed by atoms with Crippen LogP contribution in [0, 0.1) is 13.8 Å². The molecule has 1 saturated carbocycles. The highest BCUT2D eigenvalue weighted by Gasteiger charge is 2.51. The number of benzene rings is 1. The zero-order chi connectivity index (χ0) is 11.9. The molecular weight excluding hydrogens is 202 g/mol. The quantitative estimate of drug-likeness (QED) is 0.796. The van der Waals surface area contributed by atoms with E-state index in [4.69, 9.17) is 5.73 Å². The van der Waals surface area contributed by atoms with Gasteiger partial charge in [-0.15, -0.1) is 0 Å². The van der Waals surface area contributed by atoms with E-state index in [1.54, 1.807) is 0 Å². The first-order valence-corrected chi connectivity index (χ1v) is 5.53. The minimum absolute atomic E-state index is 0.0241. The van der Waals surface area contributed by atoms with E-state index < -0.39 is 11.4 Å². The Balaban J connectivity index is 2.49. The molecule has 3 N–H and O–H groups in total. The second kappa shape index (κ2) is 3.59. The normalized spacial score (nSPS) is 28.6. The molecule has 0 amide bonds. The molecule has 0 atom stereocenters. The summed E-state index contributed by atoms with van der Waals surface area (Å²) in [5.74, 6) is -0.747. The fourth-order valence-corrected chi connectivity index (χ4v) is 2.61. The summed E-state index contributed by atoms with van der Waals surface area (Å²) in [6, 6.07) is 5.87. The molecule has 0 radical (unpaired) electrons. The van der Waals surface area contributed by atoms with Gasteiger partial charge in [0, 0.05) is 6.04 Å². The zero-order valence-corrected chi connectivity index (χ0v) is 9.66. The largest absolute Gasteiger partial charge is 0.481 e. The average Bonchev–Trinajstić information content (AvgIpc) is 2.17. The van der Waals surface area contributed by atoms with Crippen molar-refractivity contribution in [3.05, 3.63) is 34.9 Å². The van der Waals surface area contributed by atoms with Gasteiger partial charge in [-0.05, 0) is 43.4 Å². The molecule has 0 aliphatic heterocycles. The van der Waals surface area contributed by atoms with Crippen molar-refractivity contribution in [2.75, 3.05) is 0 Å². The van der Waals surface area contributed by atoms with Crippen LogP contribution in [-0.4, -0.2) is 17.1 Å². The van der Waals surface area contributed by atoms with E-state index in [1.807, 2.05) is 32.0 Å². The van der Waals surface area contributed by atoms with Crippen LogP contribution in [0.4, 0.5) is 0 Å². The van der Waals surface area contributed by atoms with Crippen LogP contribution in [0.15, 0.2) is 18.2 Å². The Bertz CT molecular complexity index is 434. The van der Waals surface area contributed by atoms with Crippen molar-refractivity contribution < 1.29 is 9.90 Å². The van der Waals surface area contributed by atoms with Gasteiger partial charge in [0.15, 0.2) is 0 Å². The molecule has 16 heavy (non-hydrogen) atoms. The van der Waals surface area contributed by atoms with E-state index in [1.165, 1.54) is 0 Å². The Labute approximate surface area is 95.3 Å². The summed E-state index contributed by atoms with van der Waals surface area (Å²) in [6.45, 7) is 3.99. The van der Waals surface area contributed by atoms with Gasteiger partial charge in [-0.3, -0.25) is 4.79 Å². The standard InChI is InChI=1S/C13H17NO2/c1-8-4-3-5-11(9(8)2)13(12(15)16)6-10(14)7-13/h3-5,10H,6-7,14H2,1-2H3,(H,15,16). The molecule has 0 saturated heterocycles. The summed E-state index contributed by atoms with van der Waals surface area (Å²) < 4.78 is 0. The Morgan fingerprint density at radius 2 is 2.06 bits per heavy atom. The van der Waals surface area contributed by atoms with Gasteiger partial charge in [-0.25, -0.2) is 0 Å². The Morgan fingerprint density at radius 3 is 2.56 bits per heavy atom. The van der Waals surface area contributed by atoms with Crippen LogP contribution in [0.5, 0.6) is 0 Å². The van der Waals surface area contributed by atoms with Gasteiger partial charge >= 0.3 is 5.97 Å². The van der Waals surface area contributed by atoms with E-state index in [9.17, 15) is 9.90 Å². The molecule has 3 heteroatoms. The van der Waals surface area contributed by atoms with E-state index in [0.717, 1.165) is 16.7 Å². The highest BCUT2D eigenvalue weighted by molar-refractivity contribution is 5.83. The predicted molar refractivity (Wildman–Crippen MR) is 62.4 cm³/mol. The van der Waals surface area contributed by atoms with Gasteiger partial charge < -0.3 is 10.8 Å². The second-order valence-corrected chi connectivity index (χ2v) is 4.80. The van der Waals surface area contributed by atoms with Crippen molar-refractivity contribution in [1.82, 2.24) is 0 Å². The van der Waals surface area contributed by atoms with E-state index >= 15 is 0 Å². The zero-order valence-electron chi connectivity index (χ0n) is 9.66. The van der Waals surface area contributed by atoms with Crippen LogP contribution in [0.25, 0.3) is 0 Å². The SMILES string of the molecule is Cc1cccc(C2(C(=O)O)CC(N)C2)c1C. The van der Waals surface area contributed by atoms with Crippen LogP contribution in [0.2, 0.25) is 0 Å². The molecular formula is C13H17NO2. The molecule has 1 aliphatic rings. The number of carboxylic acid groups (broad SMARTS) is 1. The molecule has 86 valence electrons. The van der Waals surface area contributed by atoms with E-state index in [-0.39, 0.29) is 6.04 Å². The summed E-state index contributed by atoms with van der Waals surface area (Å²) in [4.78, 5) is 11.5. The highest BCUT2D eigenvalue weighted by atomic mass is 16.4. The second-order valence-electron chi connectivity index (χ2n) is 4.80. The smallest absolute Gasteiger partial charge is 0.314 e. The van der Waals surface area contributed by atoms with Gasteiger partial charge in [0.25, 0.3) is 0 Å². The molecule has 1 aromatic rings. The number of rotatable bonds is 2. The summed E-state index contributed by atoms with van der Waals surface area (Å²) in [5.41, 5.74) is 8.16. The number of carbonyl (C=O) groups is 1. The molecule has 2 rings (SSSR count). The number of hydrogen-bond acceptors (Lipinski definition) is 2. The van der Waals surface area contributed by atoms with Gasteiger partial charge in [0.2, 0.25) is 0 Å². The monoisotopic (exact) mass is 219 g/mol. The van der Waals surface area contributed by atoms with Crippen molar-refractivity contribution >= 4 is 5.97 Å². The minimum Gasteiger partial charge on any atom is -0.481 e. The number of hydrogen-bond donors (Lipinski definition) is 2. The number of aryl methyl sites for hydroxylation is 1. The van der Waals surface area contributed by atoms with Gasteiger partial charge in [0.05, 0.1) is 5.41 Å². The molecule has 1 fully saturated rings. The van der Waals surface area contributed by atoms with Crippen molar-refractivity contribution in [2.45, 2.75) is 38.1 Å². The predicted octanol–water partition coefficient (Wildman–Crippen LogP) is 1.75. The van der Waals surface area contributed by atoms with Crippen LogP contribution in [0.1, 0.15) is 29.5 Å². The molecule has 0 unspecified atom stereocenters. The average molecular weight is 219 g/mol. The van der Waals surface area contributed by atoms with Crippen LogP contribution >= 0.6 is 0 Å². The first-order chi connectivity index (χ1) is 7.47. The summed E-state index contributed by atoms with van der Waals surface area (Å²) >= 11 is 0. The highest BCUT2D eigenvalue weighted by Crippen LogP contribution is 2.44. The maximum Gasteiger partial charge on any atom is 0.314 e. The summed E-state index contributed by atoms with van der Waals surface area (Å²) in [5, 5.41) is 9.41. The molecule has 1 aromatic carbocycles. The third kappa shape index (κ3) is 1.43. The summed E-state index contributed by atoms with van der Waals surface area (Å²) in [6.07, 6.45) is 1.10. The van der Waals surface area contributed by atoms with Crippen LogP contribution in [-0.2, 0) is 10.2 Å². The molecule has 0 heterocycles. The number of nitrogens with two attached hydrogens (primary N) is 1. The van der Waals surface area contributed by atoms with Crippen molar-refractivity contribution in [3.63, 3.8) is 0 Å². The summed E-state index contributed by atoms with van der Waals surface area (Å²) in [7, 11) is 0. The van der Waals surface area contributed by atoms with E-state index in [0.29, 0.717) is 12.8 Å². The van der Waals surface area contributed by atoms with E-state index in [2.05, 4.69) is 0 Å². The molecule has 0 bridgehead atoms. The number of aliphatic carboxylic acids is 1. The van der Waals surface area contributed by atoms with Crippen LogP contribution < -0.4 is 5.73 Å². The lowest BCUT2D eigenvalue weighted by Gasteiger charge is -2.44. The maximum absolute atomic E-state index is 11.5. The fourth-order valence-electron chi connectivity index (χ4n) is 2.61. The third-order valence-corrected chi connectivity index (χ3v) is 3.75. The lowest BCUT2D eigenvalue weighted by atomic mass is 9.60. The van der Waals surface area contributed by atoms with Gasteiger partial charge in [-0.1, -0.05) is 18.2 Å². The fraction of sp³-hybridized carbons (Fsp3) is 0.462. The van der Waals surface area contributed by atoms with Crippen molar-refractivity contribution in [1.29, 1.82) is 0 Å². The molecule has 0 aromatic heterocycles. The van der Waals surface area contributed by atoms with Crippen molar-refractivity contribution in [2.24, 2.45) is 5.73 Å². The minimum atomic E-state index is -0.747. The third-order valence-electron chi connectivity index (χ3n) is 3.75. The lowest BCUT2D eigenvalue weighted by molar-refractivity contribution is -0.148. The Hall–Kier alpha value is -1.35. The Morgan fingerprint density at radius 1 is 1.44 bits per heavy atom. The molecule has 3 nitrogen and oxygen atoms in total. The van der Waals surface area contributed by atoms with Crippen LogP contribution in [0.3, 0.4) is 0 Å². The van der Waals surface area contributed by atoms with Gasteiger partial charge in [0.1, 0.15) is 0 Å². The molecule has 1 aliphatic carbocycles. The maximum atomic E-state index is 11.5. The first-order valence-electron chi connectivity index (χ1n) is 5.53. The molecule has 0 spiro atoms. The first kappa shape index (κ1) is 11.1.